The lowest BCUT2D eigenvalue weighted by molar-refractivity contribution is -0.147. The third kappa shape index (κ3) is 5.77. The zero-order valence-corrected chi connectivity index (χ0v) is 17.5. The van der Waals surface area contributed by atoms with Crippen molar-refractivity contribution in [3.05, 3.63) is 29.8 Å². The Hall–Kier alpha value is -2.46. The van der Waals surface area contributed by atoms with Crippen LogP contribution in [0.15, 0.2) is 29.2 Å². The Labute approximate surface area is 170 Å². The molecule has 10 heteroatoms. The normalized spacial score (nSPS) is 15.7. The summed E-state index contributed by atoms with van der Waals surface area (Å²) in [6.07, 6.45) is 0.357. The summed E-state index contributed by atoms with van der Waals surface area (Å²) in [6, 6.07) is 5.86. The van der Waals surface area contributed by atoms with E-state index in [4.69, 9.17) is 4.74 Å². The van der Waals surface area contributed by atoms with Crippen LogP contribution in [0, 0.1) is 5.92 Å². The average molecular weight is 426 g/mol. The fraction of sp³-hybridized carbons (Fsp3) is 0.526. The zero-order valence-electron chi connectivity index (χ0n) is 16.7. The van der Waals surface area contributed by atoms with E-state index in [-0.39, 0.29) is 42.1 Å². The maximum Gasteiger partial charge on any atom is 0.339 e. The van der Waals surface area contributed by atoms with Gasteiger partial charge in [0, 0.05) is 19.0 Å². The molecule has 0 aliphatic carbocycles. The topological polar surface area (TPSA) is 119 Å². The largest absolute Gasteiger partial charge is 0.465 e. The number of methoxy groups -OCH3 is 1. The summed E-state index contributed by atoms with van der Waals surface area (Å²) >= 11 is 0. The van der Waals surface area contributed by atoms with Crippen molar-refractivity contribution in [2.45, 2.75) is 37.7 Å². The first-order valence-electron chi connectivity index (χ1n) is 9.31. The van der Waals surface area contributed by atoms with E-state index in [0.717, 1.165) is 0 Å². The molecule has 29 heavy (non-hydrogen) atoms. The maximum absolute atomic E-state index is 13.0. The van der Waals surface area contributed by atoms with Gasteiger partial charge in [-0.15, -0.1) is 0 Å². The molecule has 1 amide bonds. The van der Waals surface area contributed by atoms with Gasteiger partial charge in [-0.2, -0.15) is 4.31 Å². The van der Waals surface area contributed by atoms with Crippen LogP contribution in [-0.4, -0.2) is 63.4 Å². The quantitative estimate of drug-likeness (QED) is 0.645. The number of rotatable bonds is 7. The number of amides is 1. The highest BCUT2D eigenvalue weighted by molar-refractivity contribution is 7.89. The van der Waals surface area contributed by atoms with Crippen LogP contribution < -0.4 is 5.32 Å². The molecule has 1 saturated heterocycles. The first-order chi connectivity index (χ1) is 13.7. The number of ether oxygens (including phenoxy) is 2. The third-order valence-electron chi connectivity index (χ3n) is 4.51. The molecule has 1 aromatic carbocycles. The van der Waals surface area contributed by atoms with Crippen LogP contribution in [0.4, 0.5) is 0 Å². The lowest BCUT2D eigenvalue weighted by atomic mass is 9.97. The molecule has 0 spiro atoms. The van der Waals surface area contributed by atoms with Gasteiger partial charge >= 0.3 is 11.9 Å². The van der Waals surface area contributed by atoms with Crippen molar-refractivity contribution in [1.29, 1.82) is 0 Å². The summed E-state index contributed by atoms with van der Waals surface area (Å²) in [7, 11) is -2.72. The van der Waals surface area contributed by atoms with Gasteiger partial charge in [0.15, 0.2) is 0 Å². The van der Waals surface area contributed by atoms with Gasteiger partial charge in [-0.25, -0.2) is 13.2 Å². The molecule has 1 heterocycles. The molecule has 0 unspecified atom stereocenters. The van der Waals surface area contributed by atoms with Gasteiger partial charge in [0.25, 0.3) is 0 Å². The minimum Gasteiger partial charge on any atom is -0.465 e. The van der Waals surface area contributed by atoms with Gasteiger partial charge in [0.1, 0.15) is 6.54 Å². The smallest absolute Gasteiger partial charge is 0.339 e. The Morgan fingerprint density at radius 3 is 2.38 bits per heavy atom. The summed E-state index contributed by atoms with van der Waals surface area (Å²) in [5, 5.41) is 2.53. The molecule has 0 radical (unpaired) electrons. The lowest BCUT2D eigenvalue weighted by Gasteiger charge is -2.30. The number of piperidine rings is 1. The molecule has 0 atom stereocenters. The van der Waals surface area contributed by atoms with Crippen molar-refractivity contribution in [3.63, 3.8) is 0 Å². The highest BCUT2D eigenvalue weighted by atomic mass is 32.2. The van der Waals surface area contributed by atoms with E-state index in [1.54, 1.807) is 19.9 Å². The summed E-state index contributed by atoms with van der Waals surface area (Å²) in [6.45, 7) is 3.48. The Bertz CT molecular complexity index is 859. The van der Waals surface area contributed by atoms with Crippen LogP contribution in [0.5, 0.6) is 0 Å². The van der Waals surface area contributed by atoms with E-state index in [1.165, 1.54) is 29.6 Å². The number of hydrogen-bond acceptors (Lipinski definition) is 7. The lowest BCUT2D eigenvalue weighted by Crippen LogP contribution is -2.44. The van der Waals surface area contributed by atoms with Crippen molar-refractivity contribution in [1.82, 2.24) is 9.62 Å². The molecule has 2 rings (SSSR count). The SMILES string of the molecule is COC(=O)c1ccccc1S(=O)(=O)N1CCC(C(=O)NCC(=O)OC(C)C)CC1. The molecule has 9 nitrogen and oxygen atoms in total. The van der Waals surface area contributed by atoms with Gasteiger partial charge in [-0.3, -0.25) is 9.59 Å². The standard InChI is InChI=1S/C19H26N2O7S/c1-13(2)28-17(22)12-20-18(23)14-8-10-21(11-9-14)29(25,26)16-7-5-4-6-15(16)19(24)27-3/h4-7,13-14H,8-12H2,1-3H3,(H,20,23). The second-order valence-corrected chi connectivity index (χ2v) is 8.83. The second kappa shape index (κ2) is 9.84. The molecule has 0 bridgehead atoms. The van der Waals surface area contributed by atoms with E-state index < -0.39 is 27.9 Å². The van der Waals surface area contributed by atoms with Crippen LogP contribution in [-0.2, 0) is 29.1 Å². The van der Waals surface area contributed by atoms with Crippen molar-refractivity contribution in [2.75, 3.05) is 26.7 Å². The molecule has 160 valence electrons. The number of nitrogens with zero attached hydrogens (tertiary/aromatic N) is 1. The molecular weight excluding hydrogens is 400 g/mol. The Balaban J connectivity index is 1.99. The fourth-order valence-corrected chi connectivity index (χ4v) is 4.73. The van der Waals surface area contributed by atoms with Gasteiger partial charge in [-0.1, -0.05) is 12.1 Å². The van der Waals surface area contributed by atoms with E-state index in [9.17, 15) is 22.8 Å². The Morgan fingerprint density at radius 2 is 1.79 bits per heavy atom. The number of carbonyl (C=O) groups is 3. The summed E-state index contributed by atoms with van der Waals surface area (Å²) in [5.74, 6) is -1.96. The van der Waals surface area contributed by atoms with E-state index in [1.807, 2.05) is 0 Å². The molecule has 1 N–H and O–H groups in total. The van der Waals surface area contributed by atoms with Crippen molar-refractivity contribution >= 4 is 27.9 Å². The fourth-order valence-electron chi connectivity index (χ4n) is 3.08. The third-order valence-corrected chi connectivity index (χ3v) is 6.47. The van der Waals surface area contributed by atoms with E-state index in [0.29, 0.717) is 12.8 Å². The van der Waals surface area contributed by atoms with Crippen LogP contribution in [0.3, 0.4) is 0 Å². The molecular formula is C19H26N2O7S. The van der Waals surface area contributed by atoms with Crippen LogP contribution in [0.25, 0.3) is 0 Å². The van der Waals surface area contributed by atoms with Crippen LogP contribution >= 0.6 is 0 Å². The molecule has 1 aromatic rings. The summed E-state index contributed by atoms with van der Waals surface area (Å²) < 4.78 is 36.8. The zero-order chi connectivity index (χ0) is 21.6. The number of esters is 2. The number of sulfonamides is 1. The number of hydrogen-bond donors (Lipinski definition) is 1. The minimum absolute atomic E-state index is 0.0291. The van der Waals surface area contributed by atoms with Gasteiger partial charge < -0.3 is 14.8 Å². The summed E-state index contributed by atoms with van der Waals surface area (Å²) in [5.41, 5.74) is -0.0291. The maximum atomic E-state index is 13.0. The highest BCUT2D eigenvalue weighted by Crippen LogP contribution is 2.26. The summed E-state index contributed by atoms with van der Waals surface area (Å²) in [4.78, 5) is 35.6. The average Bonchev–Trinajstić information content (AvgIpc) is 2.71. The number of carbonyl (C=O) groups excluding carboxylic acids is 3. The minimum atomic E-state index is -3.91. The molecule has 1 aliphatic rings. The first kappa shape index (κ1) is 22.8. The van der Waals surface area contributed by atoms with Gasteiger partial charge in [-0.05, 0) is 38.8 Å². The predicted molar refractivity (Wildman–Crippen MR) is 104 cm³/mol. The highest BCUT2D eigenvalue weighted by Gasteiger charge is 2.34. The Kier molecular flexibility index (Phi) is 7.74. The molecule has 0 saturated carbocycles. The van der Waals surface area contributed by atoms with Crippen LogP contribution in [0.2, 0.25) is 0 Å². The second-order valence-electron chi connectivity index (χ2n) is 6.92. The van der Waals surface area contributed by atoms with Gasteiger partial charge in [0.05, 0.1) is 23.7 Å². The van der Waals surface area contributed by atoms with Crippen LogP contribution in [0.1, 0.15) is 37.0 Å². The van der Waals surface area contributed by atoms with Crippen molar-refractivity contribution < 1.29 is 32.3 Å². The van der Waals surface area contributed by atoms with Gasteiger partial charge in [0.2, 0.25) is 15.9 Å². The Morgan fingerprint density at radius 1 is 1.17 bits per heavy atom. The van der Waals surface area contributed by atoms with Crippen molar-refractivity contribution in [2.24, 2.45) is 5.92 Å². The molecule has 1 aliphatic heterocycles. The molecule has 0 aromatic heterocycles. The number of benzene rings is 1. The number of nitrogens with one attached hydrogen (secondary N) is 1. The monoisotopic (exact) mass is 426 g/mol. The first-order valence-corrected chi connectivity index (χ1v) is 10.8. The van der Waals surface area contributed by atoms with E-state index >= 15 is 0 Å². The van der Waals surface area contributed by atoms with E-state index in [2.05, 4.69) is 10.1 Å². The predicted octanol–water partition coefficient (Wildman–Crippen LogP) is 0.942. The molecule has 1 fully saturated rings. The van der Waals surface area contributed by atoms with Crippen molar-refractivity contribution in [3.8, 4) is 0 Å².